The van der Waals surface area contributed by atoms with E-state index in [-0.39, 0.29) is 17.2 Å². The van der Waals surface area contributed by atoms with Crippen LogP contribution in [0.4, 0.5) is 4.79 Å². The molecule has 0 bridgehead atoms. The number of fused-ring (bicyclic) bond motifs is 1. The van der Waals surface area contributed by atoms with Crippen LogP contribution >= 0.6 is 11.6 Å². The summed E-state index contributed by atoms with van der Waals surface area (Å²) in [6, 6.07) is 7.66. The quantitative estimate of drug-likeness (QED) is 0.813. The van der Waals surface area contributed by atoms with Gasteiger partial charge in [0.2, 0.25) is 0 Å². The SMILES string of the molecule is CC1(Cn2cnc3ccc(C#N)cc32)CCC/C=C\C(Cl)=N/NC(=O)OCC1. The van der Waals surface area contributed by atoms with Crippen molar-refractivity contribution in [3.63, 3.8) is 0 Å². The van der Waals surface area contributed by atoms with E-state index in [2.05, 4.69) is 33.1 Å². The summed E-state index contributed by atoms with van der Waals surface area (Å²) in [5, 5.41) is 13.1. The summed E-state index contributed by atoms with van der Waals surface area (Å²) in [6.45, 7) is 3.17. The van der Waals surface area contributed by atoms with E-state index in [1.54, 1.807) is 18.5 Å². The number of hydrogen-bond acceptors (Lipinski definition) is 5. The molecule has 0 saturated heterocycles. The Hall–Kier alpha value is -2.85. The number of ether oxygens (including phenoxy) is 1. The minimum absolute atomic E-state index is 0.108. The lowest BCUT2D eigenvalue weighted by molar-refractivity contribution is 0.115. The fraction of sp³-hybridized carbons (Fsp3) is 0.400. The second kappa shape index (κ2) is 8.89. The van der Waals surface area contributed by atoms with Gasteiger partial charge in [0, 0.05) is 6.54 Å². The van der Waals surface area contributed by atoms with Gasteiger partial charge in [-0.15, -0.1) is 0 Å². The van der Waals surface area contributed by atoms with Crippen LogP contribution in [-0.4, -0.2) is 27.4 Å². The first-order valence-corrected chi connectivity index (χ1v) is 9.54. The first-order chi connectivity index (χ1) is 13.5. The van der Waals surface area contributed by atoms with Crippen LogP contribution in [0.25, 0.3) is 11.0 Å². The highest BCUT2D eigenvalue weighted by Gasteiger charge is 2.26. The lowest BCUT2D eigenvalue weighted by Crippen LogP contribution is -2.27. The van der Waals surface area contributed by atoms with Gasteiger partial charge in [0.15, 0.2) is 0 Å². The fourth-order valence-electron chi connectivity index (χ4n) is 3.33. The highest BCUT2D eigenvalue weighted by molar-refractivity contribution is 6.68. The van der Waals surface area contributed by atoms with Gasteiger partial charge in [0.25, 0.3) is 0 Å². The number of allylic oxidation sites excluding steroid dienone is 2. The first kappa shape index (κ1) is 19.9. The molecule has 0 aliphatic carbocycles. The van der Waals surface area contributed by atoms with E-state index < -0.39 is 6.09 Å². The van der Waals surface area contributed by atoms with Crippen LogP contribution in [0.1, 0.15) is 38.2 Å². The molecule has 1 aromatic heterocycles. The van der Waals surface area contributed by atoms with Crippen molar-refractivity contribution in [3.05, 3.63) is 42.2 Å². The van der Waals surface area contributed by atoms with Crippen molar-refractivity contribution in [2.75, 3.05) is 6.61 Å². The Morgan fingerprint density at radius 2 is 2.29 bits per heavy atom. The number of hydrazone groups is 1. The molecule has 0 fully saturated rings. The predicted octanol–water partition coefficient (Wildman–Crippen LogP) is 4.32. The minimum atomic E-state index is -0.625. The highest BCUT2D eigenvalue weighted by Crippen LogP contribution is 2.32. The number of carbonyl (C=O) groups is 1. The average Bonchev–Trinajstić information content (AvgIpc) is 3.07. The summed E-state index contributed by atoms with van der Waals surface area (Å²) in [5.41, 5.74) is 4.57. The Bertz CT molecular complexity index is 959. The number of nitriles is 1. The molecule has 28 heavy (non-hydrogen) atoms. The van der Waals surface area contributed by atoms with Crippen molar-refractivity contribution in [1.82, 2.24) is 15.0 Å². The molecule has 2 aromatic rings. The number of nitrogens with zero attached hydrogens (tertiary/aromatic N) is 4. The lowest BCUT2D eigenvalue weighted by atomic mass is 9.81. The van der Waals surface area contributed by atoms with E-state index in [0.717, 1.165) is 30.3 Å². The molecule has 0 radical (unpaired) electrons. The maximum Gasteiger partial charge on any atom is 0.427 e. The van der Waals surface area contributed by atoms with Crippen molar-refractivity contribution >= 4 is 33.9 Å². The zero-order valence-electron chi connectivity index (χ0n) is 15.7. The molecule has 2 heterocycles. The molecule has 1 atom stereocenters. The van der Waals surface area contributed by atoms with E-state index in [1.807, 2.05) is 18.2 Å². The number of rotatable bonds is 2. The zero-order chi connectivity index (χ0) is 20.0. The molecule has 3 rings (SSSR count). The summed E-state index contributed by atoms with van der Waals surface area (Å²) in [5.74, 6) is 0. The number of carbonyl (C=O) groups excluding carboxylic acids is 1. The Labute approximate surface area is 168 Å². The van der Waals surface area contributed by atoms with Gasteiger partial charge in [-0.05, 0) is 55.4 Å². The third-order valence-corrected chi connectivity index (χ3v) is 5.11. The zero-order valence-corrected chi connectivity index (χ0v) is 16.4. The summed E-state index contributed by atoms with van der Waals surface area (Å²) in [4.78, 5) is 16.2. The second-order valence-electron chi connectivity index (χ2n) is 7.23. The largest absolute Gasteiger partial charge is 0.448 e. The highest BCUT2D eigenvalue weighted by atomic mass is 35.5. The molecular formula is C20H22ClN5O2. The normalized spacial score (nSPS) is 24.5. The Morgan fingerprint density at radius 1 is 1.43 bits per heavy atom. The van der Waals surface area contributed by atoms with Crippen molar-refractivity contribution in [1.29, 1.82) is 5.26 Å². The maximum absolute atomic E-state index is 11.7. The van der Waals surface area contributed by atoms with Crippen molar-refractivity contribution in [2.24, 2.45) is 10.5 Å². The van der Waals surface area contributed by atoms with Crippen LogP contribution < -0.4 is 5.43 Å². The van der Waals surface area contributed by atoms with Gasteiger partial charge in [-0.25, -0.2) is 15.2 Å². The van der Waals surface area contributed by atoms with E-state index in [0.29, 0.717) is 18.5 Å². The lowest BCUT2D eigenvalue weighted by Gasteiger charge is -2.30. The van der Waals surface area contributed by atoms with E-state index in [4.69, 9.17) is 16.3 Å². The number of benzene rings is 1. The molecule has 1 aliphatic rings. The van der Waals surface area contributed by atoms with Gasteiger partial charge in [0.05, 0.1) is 35.6 Å². The topological polar surface area (TPSA) is 92.3 Å². The monoisotopic (exact) mass is 399 g/mol. The van der Waals surface area contributed by atoms with Crippen LogP contribution in [0.2, 0.25) is 0 Å². The molecule has 1 aliphatic heterocycles. The van der Waals surface area contributed by atoms with Crippen molar-refractivity contribution in [3.8, 4) is 6.07 Å². The summed E-state index contributed by atoms with van der Waals surface area (Å²) in [7, 11) is 0. The third-order valence-electron chi connectivity index (χ3n) is 4.90. The number of imidazole rings is 1. The van der Waals surface area contributed by atoms with Crippen molar-refractivity contribution < 1.29 is 9.53 Å². The van der Waals surface area contributed by atoms with Gasteiger partial charge in [-0.2, -0.15) is 10.4 Å². The smallest absolute Gasteiger partial charge is 0.427 e. The van der Waals surface area contributed by atoms with Gasteiger partial charge in [0.1, 0.15) is 5.17 Å². The molecule has 1 aromatic carbocycles. The van der Waals surface area contributed by atoms with Gasteiger partial charge >= 0.3 is 6.09 Å². The summed E-state index contributed by atoms with van der Waals surface area (Å²) in [6.07, 6.45) is 8.26. The van der Waals surface area contributed by atoms with E-state index >= 15 is 0 Å². The molecule has 7 nitrogen and oxygen atoms in total. The average molecular weight is 400 g/mol. The van der Waals surface area contributed by atoms with Crippen LogP contribution in [0.5, 0.6) is 0 Å². The molecular weight excluding hydrogens is 378 g/mol. The second-order valence-corrected chi connectivity index (χ2v) is 7.61. The van der Waals surface area contributed by atoms with E-state index in [1.165, 1.54) is 0 Å². The number of amides is 1. The predicted molar refractivity (Wildman–Crippen MR) is 108 cm³/mol. The maximum atomic E-state index is 11.7. The number of halogens is 1. The summed E-state index contributed by atoms with van der Waals surface area (Å²) >= 11 is 5.91. The van der Waals surface area contributed by atoms with Gasteiger partial charge < -0.3 is 9.30 Å². The van der Waals surface area contributed by atoms with Gasteiger partial charge in [-0.1, -0.05) is 24.6 Å². The molecule has 0 saturated carbocycles. The molecule has 0 spiro atoms. The molecule has 1 N–H and O–H groups in total. The summed E-state index contributed by atoms with van der Waals surface area (Å²) < 4.78 is 7.31. The number of aromatic nitrogens is 2. The van der Waals surface area contributed by atoms with Crippen LogP contribution in [0.15, 0.2) is 41.8 Å². The first-order valence-electron chi connectivity index (χ1n) is 9.17. The Kier molecular flexibility index (Phi) is 6.32. The number of hydrogen-bond donors (Lipinski definition) is 1. The van der Waals surface area contributed by atoms with Crippen molar-refractivity contribution in [2.45, 2.75) is 39.2 Å². The third kappa shape index (κ3) is 5.11. The molecule has 8 heteroatoms. The number of nitrogens with one attached hydrogen (secondary N) is 1. The Morgan fingerprint density at radius 3 is 3.11 bits per heavy atom. The standard InChI is InChI=1S/C20H22ClN5O2/c1-20(13-26-14-23-16-7-6-15(12-22)11-17(16)26)8-4-2-3-5-18(21)24-25-19(27)28-10-9-20/h3,5-7,11,14H,2,4,8-10,13H2,1H3,(H,25,27)/b5-3-,24-18+. The van der Waals surface area contributed by atoms with E-state index in [9.17, 15) is 10.1 Å². The molecule has 146 valence electrons. The minimum Gasteiger partial charge on any atom is -0.448 e. The fourth-order valence-corrected chi connectivity index (χ4v) is 3.46. The van der Waals surface area contributed by atoms with Crippen LogP contribution in [0.3, 0.4) is 0 Å². The Balaban J connectivity index is 1.79. The van der Waals surface area contributed by atoms with Crippen LogP contribution in [-0.2, 0) is 11.3 Å². The van der Waals surface area contributed by atoms with Crippen LogP contribution in [0, 0.1) is 16.7 Å². The molecule has 1 unspecified atom stereocenters. The number of cyclic esters (lactones) is 1. The molecule has 1 amide bonds. The van der Waals surface area contributed by atoms with Gasteiger partial charge in [-0.3, -0.25) is 0 Å².